The smallest absolute Gasteiger partial charge is 0.324 e. The van der Waals surface area contributed by atoms with Crippen molar-refractivity contribution in [2.24, 2.45) is 12.8 Å². The quantitative estimate of drug-likeness (QED) is 0.675. The molecule has 7 heteroatoms. The lowest BCUT2D eigenvalue weighted by Crippen LogP contribution is -2.08. The van der Waals surface area contributed by atoms with E-state index >= 15 is 0 Å². The van der Waals surface area contributed by atoms with Crippen molar-refractivity contribution in [1.82, 2.24) is 14.8 Å². The molecule has 0 saturated heterocycles. The second kappa shape index (κ2) is 2.74. The maximum absolute atomic E-state index is 11.9. The average Bonchev–Trinajstić information content (AvgIpc) is 2.29. The number of hydrogen-bond donors (Lipinski definition) is 1. The molecule has 0 fully saturated rings. The maximum Gasteiger partial charge on any atom is 0.453 e. The molecular formula is C5H7F3N4. The largest absolute Gasteiger partial charge is 0.453 e. The van der Waals surface area contributed by atoms with Crippen molar-refractivity contribution in [3.05, 3.63) is 11.6 Å². The van der Waals surface area contributed by atoms with Crippen molar-refractivity contribution in [2.45, 2.75) is 12.7 Å². The van der Waals surface area contributed by atoms with Gasteiger partial charge in [0.05, 0.1) is 6.54 Å². The Morgan fingerprint density at radius 2 is 2.08 bits per heavy atom. The molecule has 0 bridgehead atoms. The van der Waals surface area contributed by atoms with E-state index in [0.29, 0.717) is 0 Å². The van der Waals surface area contributed by atoms with Crippen LogP contribution in [0.3, 0.4) is 0 Å². The van der Waals surface area contributed by atoms with Gasteiger partial charge in [-0.3, -0.25) is 4.68 Å². The summed E-state index contributed by atoms with van der Waals surface area (Å²) in [5.41, 5.74) is 5.12. The summed E-state index contributed by atoms with van der Waals surface area (Å²) < 4.78 is 36.8. The highest BCUT2D eigenvalue weighted by Gasteiger charge is 2.36. The third-order valence-corrected chi connectivity index (χ3v) is 1.29. The number of nitrogens with two attached hydrogens (primary N) is 1. The summed E-state index contributed by atoms with van der Waals surface area (Å²) in [6, 6.07) is 0. The van der Waals surface area contributed by atoms with Gasteiger partial charge in [-0.2, -0.15) is 13.2 Å². The van der Waals surface area contributed by atoms with Crippen molar-refractivity contribution in [3.8, 4) is 0 Å². The fraction of sp³-hybridized carbons (Fsp3) is 0.600. The van der Waals surface area contributed by atoms with Crippen LogP contribution in [0.25, 0.3) is 0 Å². The lowest BCUT2D eigenvalue weighted by Gasteiger charge is -1.97. The van der Waals surface area contributed by atoms with Gasteiger partial charge in [-0.05, 0) is 0 Å². The zero-order chi connectivity index (χ0) is 9.35. The molecule has 1 heterocycles. The van der Waals surface area contributed by atoms with E-state index in [0.717, 1.165) is 4.68 Å². The Morgan fingerprint density at radius 3 is 2.33 bits per heavy atom. The Labute approximate surface area is 66.2 Å². The summed E-state index contributed by atoms with van der Waals surface area (Å²) >= 11 is 0. The van der Waals surface area contributed by atoms with E-state index in [1.54, 1.807) is 0 Å². The highest BCUT2D eigenvalue weighted by molar-refractivity contribution is 4.95. The summed E-state index contributed by atoms with van der Waals surface area (Å²) in [5, 5.41) is 3.15. The van der Waals surface area contributed by atoms with Gasteiger partial charge in [0.2, 0.25) is 0 Å². The van der Waals surface area contributed by atoms with Crippen LogP contribution in [0, 0.1) is 0 Å². The molecule has 0 aromatic carbocycles. The molecule has 68 valence electrons. The first-order chi connectivity index (χ1) is 5.45. The van der Waals surface area contributed by atoms with Crippen molar-refractivity contribution < 1.29 is 13.2 Å². The van der Waals surface area contributed by atoms with E-state index in [9.17, 15) is 13.2 Å². The van der Waals surface area contributed by atoms with E-state index < -0.39 is 12.0 Å². The summed E-state index contributed by atoms with van der Waals surface area (Å²) in [7, 11) is 1.37. The molecule has 12 heavy (non-hydrogen) atoms. The highest BCUT2D eigenvalue weighted by atomic mass is 19.4. The predicted molar refractivity (Wildman–Crippen MR) is 33.9 cm³/mol. The molecule has 4 nitrogen and oxygen atoms in total. The molecule has 0 aliphatic heterocycles. The maximum atomic E-state index is 11.9. The molecule has 0 spiro atoms. The van der Waals surface area contributed by atoms with E-state index in [4.69, 9.17) is 5.73 Å². The minimum absolute atomic E-state index is 0.0560. The summed E-state index contributed by atoms with van der Waals surface area (Å²) in [6.07, 6.45) is -4.49. The highest BCUT2D eigenvalue weighted by Crippen LogP contribution is 2.25. The van der Waals surface area contributed by atoms with Crippen molar-refractivity contribution in [2.75, 3.05) is 0 Å². The van der Waals surface area contributed by atoms with Gasteiger partial charge in [-0.15, -0.1) is 5.10 Å². The lowest BCUT2D eigenvalue weighted by molar-refractivity contribution is -0.145. The molecule has 0 saturated carbocycles. The molecule has 2 N–H and O–H groups in total. The minimum atomic E-state index is -4.49. The Hall–Kier alpha value is -1.11. The monoisotopic (exact) mass is 180 g/mol. The molecule has 0 aliphatic rings. The molecular weight excluding hydrogens is 173 g/mol. The zero-order valence-electron chi connectivity index (χ0n) is 6.26. The fourth-order valence-electron chi connectivity index (χ4n) is 0.715. The van der Waals surface area contributed by atoms with Crippen LogP contribution < -0.4 is 5.73 Å². The van der Waals surface area contributed by atoms with E-state index in [1.807, 2.05) is 0 Å². The van der Waals surface area contributed by atoms with Crippen LogP contribution in [0.1, 0.15) is 11.6 Å². The normalized spacial score (nSPS) is 12.1. The fourth-order valence-corrected chi connectivity index (χ4v) is 0.715. The van der Waals surface area contributed by atoms with Crippen LogP contribution in [0.5, 0.6) is 0 Å². The van der Waals surface area contributed by atoms with E-state index in [2.05, 4.69) is 10.1 Å². The first-order valence-electron chi connectivity index (χ1n) is 3.12. The molecule has 1 aromatic heterocycles. The Morgan fingerprint density at radius 1 is 1.50 bits per heavy atom. The van der Waals surface area contributed by atoms with Gasteiger partial charge in [0.15, 0.2) is 0 Å². The van der Waals surface area contributed by atoms with Gasteiger partial charge in [-0.1, -0.05) is 0 Å². The molecule has 0 atom stereocenters. The first kappa shape index (κ1) is 8.98. The van der Waals surface area contributed by atoms with Crippen molar-refractivity contribution in [1.29, 1.82) is 0 Å². The third kappa shape index (κ3) is 1.55. The van der Waals surface area contributed by atoms with Gasteiger partial charge in [0.1, 0.15) is 5.82 Å². The second-order valence-electron chi connectivity index (χ2n) is 2.18. The number of halogens is 3. The van der Waals surface area contributed by atoms with Crippen LogP contribution in [-0.2, 0) is 19.8 Å². The molecule has 0 amide bonds. The first-order valence-corrected chi connectivity index (χ1v) is 3.12. The number of alkyl halides is 3. The van der Waals surface area contributed by atoms with Gasteiger partial charge < -0.3 is 5.73 Å². The number of hydrogen-bond acceptors (Lipinski definition) is 3. The third-order valence-electron chi connectivity index (χ3n) is 1.29. The summed E-state index contributed by atoms with van der Waals surface area (Å²) in [4.78, 5) is 3.20. The van der Waals surface area contributed by atoms with Gasteiger partial charge in [-0.25, -0.2) is 4.98 Å². The summed E-state index contributed by atoms with van der Waals surface area (Å²) in [6.45, 7) is -0.0560. The van der Waals surface area contributed by atoms with E-state index in [1.165, 1.54) is 7.05 Å². The standard InChI is InChI=1S/C5H7F3N4/c1-12-3(2-9)10-4(11-12)5(6,7)8/h2,9H2,1H3. The van der Waals surface area contributed by atoms with Gasteiger partial charge in [0, 0.05) is 7.05 Å². The molecule has 0 radical (unpaired) electrons. The predicted octanol–water partition coefficient (Wildman–Crippen LogP) is 0.293. The number of rotatable bonds is 1. The van der Waals surface area contributed by atoms with E-state index in [-0.39, 0.29) is 12.4 Å². The van der Waals surface area contributed by atoms with Crippen LogP contribution in [0.4, 0.5) is 13.2 Å². The minimum Gasteiger partial charge on any atom is -0.324 e. The van der Waals surface area contributed by atoms with Crippen LogP contribution in [-0.4, -0.2) is 14.8 Å². The number of aromatic nitrogens is 3. The molecule has 1 rings (SSSR count). The van der Waals surface area contributed by atoms with Crippen LogP contribution >= 0.6 is 0 Å². The Bertz CT molecular complexity index is 277. The van der Waals surface area contributed by atoms with Crippen molar-refractivity contribution in [3.63, 3.8) is 0 Å². The SMILES string of the molecule is Cn1nc(C(F)(F)F)nc1CN. The molecule has 0 unspecified atom stereocenters. The Balaban J connectivity index is 3.05. The Kier molecular flexibility index (Phi) is 2.05. The number of aryl methyl sites for hydroxylation is 1. The van der Waals surface area contributed by atoms with Crippen molar-refractivity contribution >= 4 is 0 Å². The van der Waals surface area contributed by atoms with Crippen LogP contribution in [0.2, 0.25) is 0 Å². The molecule has 0 aliphatic carbocycles. The summed E-state index contributed by atoms with van der Waals surface area (Å²) in [5.74, 6) is -1.03. The second-order valence-corrected chi connectivity index (χ2v) is 2.18. The van der Waals surface area contributed by atoms with Crippen LogP contribution in [0.15, 0.2) is 0 Å². The van der Waals surface area contributed by atoms with Gasteiger partial charge in [0.25, 0.3) is 5.82 Å². The average molecular weight is 180 g/mol. The zero-order valence-corrected chi connectivity index (χ0v) is 6.26. The lowest BCUT2D eigenvalue weighted by atomic mass is 10.6. The topological polar surface area (TPSA) is 56.7 Å². The van der Waals surface area contributed by atoms with Gasteiger partial charge >= 0.3 is 6.18 Å². The number of nitrogens with zero attached hydrogens (tertiary/aromatic N) is 3. The molecule has 1 aromatic rings.